The maximum Gasteiger partial charge on any atom is 0.319 e. The average Bonchev–Trinajstić information content (AvgIpc) is 2.07. The van der Waals surface area contributed by atoms with Gasteiger partial charge >= 0.3 is 5.97 Å². The van der Waals surface area contributed by atoms with Crippen molar-refractivity contribution >= 4 is 16.8 Å². The normalized spacial score (nSPS) is 15.7. The van der Waals surface area contributed by atoms with Gasteiger partial charge in [0.15, 0.2) is 0 Å². The molecular weight excluding hydrogens is 188 g/mol. The third kappa shape index (κ3) is 3.46. The van der Waals surface area contributed by atoms with Gasteiger partial charge in [-0.1, -0.05) is 20.8 Å². The number of carbonyl (C=O) groups is 1. The van der Waals surface area contributed by atoms with E-state index < -0.39 is 22.0 Å². The lowest BCUT2D eigenvalue weighted by atomic mass is 10.3. The van der Waals surface area contributed by atoms with E-state index >= 15 is 0 Å². The van der Waals surface area contributed by atoms with Crippen molar-refractivity contribution in [1.29, 1.82) is 0 Å². The van der Waals surface area contributed by atoms with Crippen LogP contribution in [0.2, 0.25) is 0 Å². The molecule has 1 N–H and O–H groups in total. The van der Waals surface area contributed by atoms with E-state index in [-0.39, 0.29) is 5.25 Å². The minimum atomic E-state index is -1.23. The standard InChI is InChI=1S/C9H18O3S/c1-4-7(5-2)13(12)8(6-3)9(10)11/h7-8H,4-6H2,1-3H3,(H,10,11). The van der Waals surface area contributed by atoms with Gasteiger partial charge in [-0.3, -0.25) is 9.00 Å². The summed E-state index contributed by atoms with van der Waals surface area (Å²) in [5.41, 5.74) is 0. The fourth-order valence-electron chi connectivity index (χ4n) is 1.29. The Bertz CT molecular complexity index is 187. The van der Waals surface area contributed by atoms with Crippen molar-refractivity contribution in [3.05, 3.63) is 0 Å². The summed E-state index contributed by atoms with van der Waals surface area (Å²) in [6.45, 7) is 5.65. The molecule has 0 fully saturated rings. The van der Waals surface area contributed by atoms with Crippen molar-refractivity contribution in [2.45, 2.75) is 50.5 Å². The highest BCUT2D eigenvalue weighted by molar-refractivity contribution is 7.87. The zero-order valence-electron chi connectivity index (χ0n) is 8.45. The summed E-state index contributed by atoms with van der Waals surface area (Å²) in [4.78, 5) is 10.7. The number of aliphatic carboxylic acids is 1. The van der Waals surface area contributed by atoms with E-state index in [1.165, 1.54) is 0 Å². The third-order valence-corrected chi connectivity index (χ3v) is 4.59. The van der Waals surface area contributed by atoms with Gasteiger partial charge in [0.05, 0.1) is 0 Å². The number of rotatable bonds is 6. The molecule has 2 atom stereocenters. The summed E-state index contributed by atoms with van der Waals surface area (Å²) in [7, 11) is -1.23. The minimum absolute atomic E-state index is 0.0287. The van der Waals surface area contributed by atoms with Crippen LogP contribution in [0, 0.1) is 0 Å². The van der Waals surface area contributed by atoms with Crippen molar-refractivity contribution in [2.75, 3.05) is 0 Å². The molecule has 0 aliphatic heterocycles. The van der Waals surface area contributed by atoms with Crippen LogP contribution in [0.3, 0.4) is 0 Å². The van der Waals surface area contributed by atoms with Crippen LogP contribution in [0.5, 0.6) is 0 Å². The van der Waals surface area contributed by atoms with Gasteiger partial charge in [-0.05, 0) is 19.3 Å². The van der Waals surface area contributed by atoms with Gasteiger partial charge in [0.1, 0.15) is 5.25 Å². The molecule has 0 bridgehead atoms. The summed E-state index contributed by atoms with van der Waals surface area (Å²) in [6, 6.07) is 0. The summed E-state index contributed by atoms with van der Waals surface area (Å²) in [6.07, 6.45) is 2.01. The number of hydrogen-bond acceptors (Lipinski definition) is 2. The van der Waals surface area contributed by atoms with Crippen LogP contribution in [0.4, 0.5) is 0 Å². The predicted octanol–water partition coefficient (Wildman–Crippen LogP) is 1.79. The van der Waals surface area contributed by atoms with Gasteiger partial charge in [-0.25, -0.2) is 0 Å². The highest BCUT2D eigenvalue weighted by Crippen LogP contribution is 2.14. The molecule has 0 saturated heterocycles. The Hall–Kier alpha value is -0.380. The Morgan fingerprint density at radius 2 is 1.69 bits per heavy atom. The van der Waals surface area contributed by atoms with Crippen molar-refractivity contribution in [3.8, 4) is 0 Å². The van der Waals surface area contributed by atoms with E-state index in [1.807, 2.05) is 13.8 Å². The maximum absolute atomic E-state index is 11.7. The zero-order chi connectivity index (χ0) is 10.4. The van der Waals surface area contributed by atoms with Crippen molar-refractivity contribution < 1.29 is 14.1 Å². The molecule has 0 heterocycles. The Balaban J connectivity index is 4.43. The minimum Gasteiger partial charge on any atom is -0.480 e. The van der Waals surface area contributed by atoms with Gasteiger partial charge in [0.25, 0.3) is 0 Å². The second-order valence-corrected chi connectivity index (χ2v) is 4.89. The van der Waals surface area contributed by atoms with E-state index in [0.717, 1.165) is 12.8 Å². The molecule has 0 aliphatic carbocycles. The summed E-state index contributed by atoms with van der Waals surface area (Å²) in [5.74, 6) is -0.937. The quantitative estimate of drug-likeness (QED) is 0.720. The van der Waals surface area contributed by atoms with Gasteiger partial charge in [0.2, 0.25) is 0 Å². The van der Waals surface area contributed by atoms with Crippen LogP contribution in [0.1, 0.15) is 40.0 Å². The largest absolute Gasteiger partial charge is 0.480 e. The Kier molecular flexibility index (Phi) is 5.95. The second kappa shape index (κ2) is 6.13. The molecule has 3 nitrogen and oxygen atoms in total. The van der Waals surface area contributed by atoms with E-state index in [0.29, 0.717) is 6.42 Å². The molecule has 13 heavy (non-hydrogen) atoms. The summed E-state index contributed by atoms with van der Waals surface area (Å²) in [5, 5.41) is 8.13. The second-order valence-electron chi connectivity index (χ2n) is 3.00. The van der Waals surface area contributed by atoms with Crippen LogP contribution >= 0.6 is 0 Å². The van der Waals surface area contributed by atoms with Crippen molar-refractivity contribution in [3.63, 3.8) is 0 Å². The van der Waals surface area contributed by atoms with Crippen LogP contribution in [0.25, 0.3) is 0 Å². The zero-order valence-corrected chi connectivity index (χ0v) is 9.26. The SMILES string of the molecule is CCC(CC)S(=O)C(CC)C(=O)O. The smallest absolute Gasteiger partial charge is 0.319 e. The topological polar surface area (TPSA) is 54.4 Å². The van der Waals surface area contributed by atoms with Crippen LogP contribution < -0.4 is 0 Å². The molecule has 0 aliphatic rings. The van der Waals surface area contributed by atoms with Gasteiger partial charge < -0.3 is 5.11 Å². The molecule has 2 unspecified atom stereocenters. The number of carboxylic acid groups (broad SMARTS) is 1. The molecule has 0 spiro atoms. The Labute approximate surface area is 82.0 Å². The number of hydrogen-bond donors (Lipinski definition) is 1. The highest BCUT2D eigenvalue weighted by Gasteiger charge is 2.27. The first-order chi connectivity index (χ1) is 6.08. The lowest BCUT2D eigenvalue weighted by Crippen LogP contribution is -2.31. The fourth-order valence-corrected chi connectivity index (χ4v) is 2.94. The summed E-state index contributed by atoms with van der Waals surface area (Å²) >= 11 is 0. The first kappa shape index (κ1) is 12.6. The van der Waals surface area contributed by atoms with E-state index in [9.17, 15) is 9.00 Å². The first-order valence-corrected chi connectivity index (χ1v) is 5.98. The third-order valence-electron chi connectivity index (χ3n) is 2.17. The molecule has 0 aromatic heterocycles. The molecule has 4 heteroatoms. The lowest BCUT2D eigenvalue weighted by Gasteiger charge is -2.16. The van der Waals surface area contributed by atoms with Crippen molar-refractivity contribution in [2.24, 2.45) is 0 Å². The number of carboxylic acids is 1. The molecule has 0 saturated carbocycles. The van der Waals surface area contributed by atoms with E-state index in [1.54, 1.807) is 6.92 Å². The van der Waals surface area contributed by atoms with E-state index in [4.69, 9.17) is 5.11 Å². The van der Waals surface area contributed by atoms with Gasteiger partial charge in [0, 0.05) is 16.0 Å². The van der Waals surface area contributed by atoms with Crippen LogP contribution in [-0.4, -0.2) is 25.8 Å². The average molecular weight is 206 g/mol. The van der Waals surface area contributed by atoms with Gasteiger partial charge in [-0.15, -0.1) is 0 Å². The monoisotopic (exact) mass is 206 g/mol. The molecule has 0 aromatic rings. The highest BCUT2D eigenvalue weighted by atomic mass is 32.2. The van der Waals surface area contributed by atoms with Gasteiger partial charge in [-0.2, -0.15) is 0 Å². The molecule has 0 aromatic carbocycles. The molecule has 0 amide bonds. The van der Waals surface area contributed by atoms with Crippen molar-refractivity contribution in [1.82, 2.24) is 0 Å². The molecular formula is C9H18O3S. The Morgan fingerprint density at radius 3 is 1.92 bits per heavy atom. The fraction of sp³-hybridized carbons (Fsp3) is 0.889. The maximum atomic E-state index is 11.7. The molecule has 78 valence electrons. The lowest BCUT2D eigenvalue weighted by molar-refractivity contribution is -0.136. The van der Waals surface area contributed by atoms with E-state index in [2.05, 4.69) is 0 Å². The molecule has 0 rings (SSSR count). The van der Waals surface area contributed by atoms with Crippen LogP contribution in [0.15, 0.2) is 0 Å². The summed E-state index contributed by atoms with van der Waals surface area (Å²) < 4.78 is 11.7. The Morgan fingerprint density at radius 1 is 1.23 bits per heavy atom. The van der Waals surface area contributed by atoms with Crippen LogP contribution in [-0.2, 0) is 15.6 Å². The molecule has 0 radical (unpaired) electrons. The predicted molar refractivity (Wildman–Crippen MR) is 54.2 cm³/mol. The first-order valence-electron chi connectivity index (χ1n) is 4.70.